The highest BCUT2D eigenvalue weighted by Gasteiger charge is 2.31. The van der Waals surface area contributed by atoms with Crippen molar-refractivity contribution < 1.29 is 17.9 Å². The van der Waals surface area contributed by atoms with Gasteiger partial charge in [0.25, 0.3) is 0 Å². The molecule has 3 aromatic rings. The molecule has 2 heterocycles. The maximum atomic E-state index is 12.7. The molecule has 2 aromatic heterocycles. The number of anilines is 1. The van der Waals surface area contributed by atoms with E-state index in [0.29, 0.717) is 17.6 Å². The van der Waals surface area contributed by atoms with Gasteiger partial charge in [0, 0.05) is 23.3 Å². The minimum Gasteiger partial charge on any atom is -0.406 e. The maximum Gasteiger partial charge on any atom is 0.573 e. The predicted molar refractivity (Wildman–Crippen MR) is 108 cm³/mol. The average Bonchev–Trinajstić information content (AvgIpc) is 2.94. The summed E-state index contributed by atoms with van der Waals surface area (Å²) >= 11 is 0. The Labute approximate surface area is 167 Å². The summed E-state index contributed by atoms with van der Waals surface area (Å²) in [6.45, 7) is 1.61. The molecule has 8 heteroatoms. The van der Waals surface area contributed by atoms with Gasteiger partial charge < -0.3 is 19.9 Å². The van der Waals surface area contributed by atoms with Crippen LogP contribution in [0.1, 0.15) is 30.5 Å². The van der Waals surface area contributed by atoms with Crippen LogP contribution in [0.2, 0.25) is 0 Å². The molecule has 4 rings (SSSR count). The molecular formula is C21H25F3N4O. The summed E-state index contributed by atoms with van der Waals surface area (Å²) in [5, 5.41) is 1.39. The second-order valence-electron chi connectivity index (χ2n) is 7.89. The Hall–Kier alpha value is -2.48. The van der Waals surface area contributed by atoms with Gasteiger partial charge in [-0.25, -0.2) is 4.98 Å². The first-order valence-electron chi connectivity index (χ1n) is 9.88. The van der Waals surface area contributed by atoms with E-state index in [0.717, 1.165) is 66.5 Å². The van der Waals surface area contributed by atoms with Crippen molar-refractivity contribution in [2.24, 2.45) is 0 Å². The fourth-order valence-electron chi connectivity index (χ4n) is 4.25. The minimum absolute atomic E-state index is 0.241. The molecule has 0 spiro atoms. The van der Waals surface area contributed by atoms with Crippen LogP contribution in [0, 0.1) is 0 Å². The van der Waals surface area contributed by atoms with Gasteiger partial charge in [-0.2, -0.15) is 0 Å². The molecule has 0 amide bonds. The van der Waals surface area contributed by atoms with Crippen LogP contribution in [0.5, 0.6) is 5.75 Å². The molecule has 0 saturated heterocycles. The monoisotopic (exact) mass is 406 g/mol. The van der Waals surface area contributed by atoms with E-state index in [1.165, 1.54) is 12.1 Å². The number of aromatic nitrogens is 2. The van der Waals surface area contributed by atoms with E-state index in [1.807, 2.05) is 14.1 Å². The Kier molecular flexibility index (Phi) is 5.06. The number of ether oxygens (including phenoxy) is 1. The van der Waals surface area contributed by atoms with Crippen molar-refractivity contribution >= 4 is 27.6 Å². The molecule has 2 N–H and O–H groups in total. The number of nitrogen functional groups attached to an aromatic ring is 1. The summed E-state index contributed by atoms with van der Waals surface area (Å²) in [4.78, 5) is 7.03. The highest BCUT2D eigenvalue weighted by molar-refractivity contribution is 6.13. The number of halogens is 3. The number of hydrogen-bond acceptors (Lipinski definition) is 4. The SMILES string of the molecule is CN(C)CCCn1c2ccc(OC(F)(F)F)cc2c2c(N)c3c(nc21)CCCC3. The van der Waals surface area contributed by atoms with Gasteiger partial charge in [-0.15, -0.1) is 13.2 Å². The van der Waals surface area contributed by atoms with Crippen molar-refractivity contribution in [3.8, 4) is 5.75 Å². The van der Waals surface area contributed by atoms with Crippen molar-refractivity contribution in [2.45, 2.75) is 45.0 Å². The number of fused-ring (bicyclic) bond motifs is 4. The van der Waals surface area contributed by atoms with Crippen LogP contribution < -0.4 is 10.5 Å². The molecule has 0 saturated carbocycles. The number of rotatable bonds is 5. The van der Waals surface area contributed by atoms with Crippen LogP contribution in [0.15, 0.2) is 18.2 Å². The van der Waals surface area contributed by atoms with Crippen molar-refractivity contribution in [1.29, 1.82) is 0 Å². The van der Waals surface area contributed by atoms with Gasteiger partial charge in [-0.1, -0.05) is 0 Å². The lowest BCUT2D eigenvalue weighted by molar-refractivity contribution is -0.274. The second-order valence-corrected chi connectivity index (χ2v) is 7.89. The summed E-state index contributed by atoms with van der Waals surface area (Å²) in [6, 6.07) is 4.46. The van der Waals surface area contributed by atoms with Gasteiger partial charge in [-0.05, 0) is 76.5 Å². The molecule has 0 radical (unpaired) electrons. The van der Waals surface area contributed by atoms with Crippen molar-refractivity contribution in [3.63, 3.8) is 0 Å². The lowest BCUT2D eigenvalue weighted by atomic mass is 9.93. The van der Waals surface area contributed by atoms with Crippen LogP contribution in [0.25, 0.3) is 21.9 Å². The van der Waals surface area contributed by atoms with Gasteiger partial charge in [0.05, 0.1) is 10.9 Å². The molecule has 1 aromatic carbocycles. The third-order valence-corrected chi connectivity index (χ3v) is 5.50. The summed E-state index contributed by atoms with van der Waals surface area (Å²) in [6.07, 6.45) is 0.0308. The quantitative estimate of drug-likeness (QED) is 0.678. The van der Waals surface area contributed by atoms with E-state index in [4.69, 9.17) is 10.7 Å². The number of hydrogen-bond donors (Lipinski definition) is 1. The Bertz CT molecular complexity index is 1060. The highest BCUT2D eigenvalue weighted by Crippen LogP contribution is 2.39. The third-order valence-electron chi connectivity index (χ3n) is 5.50. The van der Waals surface area contributed by atoms with Crippen molar-refractivity contribution in [1.82, 2.24) is 14.5 Å². The molecule has 0 unspecified atom stereocenters. The van der Waals surface area contributed by atoms with Gasteiger partial charge in [0.15, 0.2) is 0 Å². The van der Waals surface area contributed by atoms with Crippen molar-refractivity contribution in [3.05, 3.63) is 29.5 Å². The first-order valence-corrected chi connectivity index (χ1v) is 9.88. The molecule has 5 nitrogen and oxygen atoms in total. The number of nitrogens with two attached hydrogens (primary N) is 1. The van der Waals surface area contributed by atoms with Crippen LogP contribution in [0.3, 0.4) is 0 Å². The van der Waals surface area contributed by atoms with E-state index >= 15 is 0 Å². The number of pyridine rings is 1. The zero-order valence-corrected chi connectivity index (χ0v) is 16.6. The largest absolute Gasteiger partial charge is 0.573 e. The molecule has 0 bridgehead atoms. The first kappa shape index (κ1) is 19.8. The fourth-order valence-corrected chi connectivity index (χ4v) is 4.25. The fraction of sp³-hybridized carbons (Fsp3) is 0.476. The lowest BCUT2D eigenvalue weighted by Gasteiger charge is -2.18. The van der Waals surface area contributed by atoms with E-state index < -0.39 is 6.36 Å². The van der Waals surface area contributed by atoms with E-state index in [-0.39, 0.29) is 5.75 Å². The molecule has 0 fully saturated rings. The Morgan fingerprint density at radius 1 is 1.21 bits per heavy atom. The summed E-state index contributed by atoms with van der Waals surface area (Å²) in [5.41, 5.74) is 10.8. The second kappa shape index (κ2) is 7.40. The lowest BCUT2D eigenvalue weighted by Crippen LogP contribution is -2.17. The molecule has 0 aliphatic heterocycles. The van der Waals surface area contributed by atoms with Gasteiger partial charge in [0.2, 0.25) is 0 Å². The van der Waals surface area contributed by atoms with Crippen LogP contribution in [-0.2, 0) is 19.4 Å². The predicted octanol–water partition coefficient (Wildman–Crippen LogP) is 4.50. The smallest absolute Gasteiger partial charge is 0.406 e. The molecule has 29 heavy (non-hydrogen) atoms. The molecule has 1 aliphatic rings. The minimum atomic E-state index is -4.74. The molecule has 0 atom stereocenters. The van der Waals surface area contributed by atoms with E-state index in [9.17, 15) is 13.2 Å². The third kappa shape index (κ3) is 3.85. The van der Waals surface area contributed by atoms with Gasteiger partial charge in [0.1, 0.15) is 11.4 Å². The number of alkyl halides is 3. The van der Waals surface area contributed by atoms with Gasteiger partial charge >= 0.3 is 6.36 Å². The molecular weight excluding hydrogens is 381 g/mol. The topological polar surface area (TPSA) is 56.3 Å². The Morgan fingerprint density at radius 3 is 2.69 bits per heavy atom. The van der Waals surface area contributed by atoms with Crippen LogP contribution in [0.4, 0.5) is 18.9 Å². The maximum absolute atomic E-state index is 12.7. The van der Waals surface area contributed by atoms with E-state index in [1.54, 1.807) is 6.07 Å². The summed E-state index contributed by atoms with van der Waals surface area (Å²) in [5.74, 6) is -0.241. The first-order chi connectivity index (χ1) is 13.7. The van der Waals surface area contributed by atoms with E-state index in [2.05, 4.69) is 14.2 Å². The van der Waals surface area contributed by atoms with Crippen LogP contribution >= 0.6 is 0 Å². The Balaban J connectivity index is 1.92. The summed E-state index contributed by atoms with van der Waals surface area (Å²) < 4.78 is 44.4. The number of aryl methyl sites for hydroxylation is 2. The van der Waals surface area contributed by atoms with Crippen LogP contribution in [-0.4, -0.2) is 41.5 Å². The zero-order chi connectivity index (χ0) is 20.8. The van der Waals surface area contributed by atoms with Gasteiger partial charge in [-0.3, -0.25) is 0 Å². The normalized spacial score (nSPS) is 14.7. The zero-order valence-electron chi connectivity index (χ0n) is 16.6. The number of nitrogens with zero attached hydrogens (tertiary/aromatic N) is 3. The number of benzene rings is 1. The summed E-state index contributed by atoms with van der Waals surface area (Å²) in [7, 11) is 4.03. The Morgan fingerprint density at radius 2 is 1.97 bits per heavy atom. The van der Waals surface area contributed by atoms with Crippen molar-refractivity contribution in [2.75, 3.05) is 26.4 Å². The highest BCUT2D eigenvalue weighted by atomic mass is 19.4. The standard InChI is InChI=1S/C21H25F3N4O/c1-27(2)10-5-11-28-17-9-8-13(29-21(22,23)24)12-15(17)18-19(25)14-6-3-4-7-16(14)26-20(18)28/h8-9,12H,3-7,10-11H2,1-2H3,(H2,25,26). The molecule has 156 valence electrons. The molecule has 1 aliphatic carbocycles. The average molecular weight is 406 g/mol.